The lowest BCUT2D eigenvalue weighted by atomic mass is 10.2. The van der Waals surface area contributed by atoms with Crippen molar-refractivity contribution < 1.29 is 9.21 Å². The molecule has 0 aliphatic carbocycles. The number of para-hydroxylation sites is 2. The minimum atomic E-state index is -0.284. The van der Waals surface area contributed by atoms with Crippen molar-refractivity contribution in [2.24, 2.45) is 0 Å². The van der Waals surface area contributed by atoms with Crippen molar-refractivity contribution in [3.8, 4) is 17.1 Å². The van der Waals surface area contributed by atoms with Crippen LogP contribution in [0.5, 0.6) is 0 Å². The second-order valence-electron chi connectivity index (χ2n) is 8.28. The summed E-state index contributed by atoms with van der Waals surface area (Å²) in [7, 11) is 0. The predicted molar refractivity (Wildman–Crippen MR) is 134 cm³/mol. The number of aromatic nitrogens is 3. The van der Waals surface area contributed by atoms with E-state index in [0.717, 1.165) is 30.1 Å². The molecule has 1 fully saturated rings. The highest BCUT2D eigenvalue weighted by molar-refractivity contribution is 8.00. The maximum Gasteiger partial charge on any atom is 0.236 e. The number of benzene rings is 2. The van der Waals surface area contributed by atoms with E-state index in [1.54, 1.807) is 6.26 Å². The molecule has 0 radical (unpaired) electrons. The molecule has 0 N–H and O–H groups in total. The normalized spacial score (nSPS) is 14.9. The molecule has 1 atom stereocenters. The number of piperazine rings is 1. The van der Waals surface area contributed by atoms with Crippen LogP contribution in [0.15, 0.2) is 82.6 Å². The zero-order valence-corrected chi connectivity index (χ0v) is 20.1. The number of carbonyl (C=O) groups excluding carboxylic acids is 1. The Morgan fingerprint density at radius 1 is 0.912 bits per heavy atom. The topological polar surface area (TPSA) is 67.4 Å². The fourth-order valence-electron chi connectivity index (χ4n) is 4.24. The van der Waals surface area contributed by atoms with Gasteiger partial charge in [0, 0.05) is 37.6 Å². The number of furan rings is 1. The average Bonchev–Trinajstić information content (AvgIpc) is 3.50. The van der Waals surface area contributed by atoms with E-state index < -0.39 is 0 Å². The molecule has 2 aromatic carbocycles. The number of anilines is 1. The first-order valence-corrected chi connectivity index (χ1v) is 12.3. The van der Waals surface area contributed by atoms with Crippen molar-refractivity contribution in [1.82, 2.24) is 19.7 Å². The van der Waals surface area contributed by atoms with Crippen LogP contribution in [0.3, 0.4) is 0 Å². The van der Waals surface area contributed by atoms with E-state index in [4.69, 9.17) is 4.42 Å². The maximum absolute atomic E-state index is 13.3. The van der Waals surface area contributed by atoms with E-state index in [9.17, 15) is 4.79 Å². The fourth-order valence-corrected chi connectivity index (χ4v) is 5.19. The third kappa shape index (κ3) is 4.46. The van der Waals surface area contributed by atoms with Crippen LogP contribution >= 0.6 is 11.8 Å². The summed E-state index contributed by atoms with van der Waals surface area (Å²) in [5.74, 6) is 1.61. The monoisotopic (exact) mass is 473 g/mol. The van der Waals surface area contributed by atoms with Gasteiger partial charge < -0.3 is 14.2 Å². The molecule has 1 aliphatic heterocycles. The molecule has 34 heavy (non-hydrogen) atoms. The first kappa shape index (κ1) is 22.3. The fraction of sp³-hybridized carbons (Fsp3) is 0.269. The summed E-state index contributed by atoms with van der Waals surface area (Å²) in [6.07, 6.45) is 1.66. The third-order valence-corrected chi connectivity index (χ3v) is 7.12. The minimum Gasteiger partial charge on any atom is -0.469 e. The molecule has 0 unspecified atom stereocenters. The standard InChI is InChI=1S/C26H27N5O2S/c1-19-23(13-18-33-19)24-27-28-26(31(24)22-11-7-4-8-12-22)34-20(2)25(32)30-16-14-29(15-17-30)21-9-5-3-6-10-21/h3-13,18,20H,14-17H2,1-2H3/t20-/m1/s1. The van der Waals surface area contributed by atoms with Crippen LogP contribution in [0, 0.1) is 6.92 Å². The first-order valence-electron chi connectivity index (χ1n) is 11.4. The Morgan fingerprint density at radius 2 is 1.56 bits per heavy atom. The second kappa shape index (κ2) is 9.77. The summed E-state index contributed by atoms with van der Waals surface area (Å²) in [4.78, 5) is 17.6. The van der Waals surface area contributed by atoms with E-state index >= 15 is 0 Å². The Morgan fingerprint density at radius 3 is 2.18 bits per heavy atom. The number of hydrogen-bond acceptors (Lipinski definition) is 6. The largest absolute Gasteiger partial charge is 0.469 e. The van der Waals surface area contributed by atoms with Crippen molar-refractivity contribution >= 4 is 23.4 Å². The highest BCUT2D eigenvalue weighted by Crippen LogP contribution is 2.32. The Labute approximate surface area is 203 Å². The van der Waals surface area contributed by atoms with Crippen molar-refractivity contribution in [3.63, 3.8) is 0 Å². The number of amides is 1. The van der Waals surface area contributed by atoms with E-state index in [-0.39, 0.29) is 11.2 Å². The third-order valence-electron chi connectivity index (χ3n) is 6.09. The molecule has 0 bridgehead atoms. The number of rotatable bonds is 6. The molecule has 174 valence electrons. The second-order valence-corrected chi connectivity index (χ2v) is 9.58. The number of thioether (sulfide) groups is 1. The molecule has 7 nitrogen and oxygen atoms in total. The van der Waals surface area contributed by atoms with Gasteiger partial charge in [0.05, 0.1) is 17.1 Å². The zero-order valence-electron chi connectivity index (χ0n) is 19.3. The molecular formula is C26H27N5O2S. The lowest BCUT2D eigenvalue weighted by Gasteiger charge is -2.37. The Bertz CT molecular complexity index is 1250. The summed E-state index contributed by atoms with van der Waals surface area (Å²) < 4.78 is 7.51. The lowest BCUT2D eigenvalue weighted by Crippen LogP contribution is -2.50. The van der Waals surface area contributed by atoms with Crippen LogP contribution in [0.4, 0.5) is 5.69 Å². The number of hydrogen-bond donors (Lipinski definition) is 0. The van der Waals surface area contributed by atoms with Crippen molar-refractivity contribution in [2.45, 2.75) is 24.3 Å². The molecule has 4 aromatic rings. The van der Waals surface area contributed by atoms with Crippen LogP contribution in [0.2, 0.25) is 0 Å². The van der Waals surface area contributed by atoms with Crippen molar-refractivity contribution in [2.75, 3.05) is 31.1 Å². The van der Waals surface area contributed by atoms with Crippen LogP contribution in [0.1, 0.15) is 12.7 Å². The van der Waals surface area contributed by atoms with Gasteiger partial charge in [-0.3, -0.25) is 9.36 Å². The van der Waals surface area contributed by atoms with Gasteiger partial charge in [-0.05, 0) is 44.2 Å². The van der Waals surface area contributed by atoms with Crippen LogP contribution in [-0.4, -0.2) is 57.0 Å². The first-order chi connectivity index (χ1) is 16.6. The highest BCUT2D eigenvalue weighted by atomic mass is 32.2. The minimum absolute atomic E-state index is 0.126. The molecule has 1 amide bonds. The molecular weight excluding hydrogens is 446 g/mol. The Hall–Kier alpha value is -3.52. The van der Waals surface area contributed by atoms with Gasteiger partial charge in [0.1, 0.15) is 5.76 Å². The van der Waals surface area contributed by atoms with E-state index in [1.807, 2.05) is 77.9 Å². The van der Waals surface area contributed by atoms with Crippen LogP contribution in [-0.2, 0) is 4.79 Å². The number of aryl methyl sites for hydroxylation is 1. The lowest BCUT2D eigenvalue weighted by molar-refractivity contribution is -0.130. The highest BCUT2D eigenvalue weighted by Gasteiger charge is 2.28. The van der Waals surface area contributed by atoms with Gasteiger partial charge in [0.15, 0.2) is 11.0 Å². The van der Waals surface area contributed by atoms with E-state index in [2.05, 4.69) is 27.2 Å². The van der Waals surface area contributed by atoms with Gasteiger partial charge in [-0.25, -0.2) is 0 Å². The summed E-state index contributed by atoms with van der Waals surface area (Å²) >= 11 is 1.44. The molecule has 2 aromatic heterocycles. The van der Waals surface area contributed by atoms with Crippen LogP contribution in [0.25, 0.3) is 17.1 Å². The van der Waals surface area contributed by atoms with E-state index in [1.165, 1.54) is 17.4 Å². The van der Waals surface area contributed by atoms with Crippen LogP contribution < -0.4 is 4.90 Å². The van der Waals surface area contributed by atoms with Gasteiger partial charge in [-0.15, -0.1) is 10.2 Å². The summed E-state index contributed by atoms with van der Waals surface area (Å²) in [5, 5.41) is 9.33. The summed E-state index contributed by atoms with van der Waals surface area (Å²) in [6, 6.07) is 22.2. The smallest absolute Gasteiger partial charge is 0.236 e. The van der Waals surface area contributed by atoms with Crippen molar-refractivity contribution in [3.05, 3.63) is 78.8 Å². The number of carbonyl (C=O) groups is 1. The molecule has 1 saturated heterocycles. The molecule has 1 aliphatic rings. The summed E-state index contributed by atoms with van der Waals surface area (Å²) in [5.41, 5.74) is 3.04. The quantitative estimate of drug-likeness (QED) is 0.379. The molecule has 0 saturated carbocycles. The Balaban J connectivity index is 1.33. The van der Waals surface area contributed by atoms with Gasteiger partial charge in [0.25, 0.3) is 0 Å². The van der Waals surface area contributed by atoms with Gasteiger partial charge in [-0.2, -0.15) is 0 Å². The molecule has 0 spiro atoms. The molecule has 5 rings (SSSR count). The van der Waals surface area contributed by atoms with Gasteiger partial charge >= 0.3 is 0 Å². The van der Waals surface area contributed by atoms with E-state index in [0.29, 0.717) is 24.1 Å². The summed E-state index contributed by atoms with van der Waals surface area (Å²) in [6.45, 7) is 6.94. The Kier molecular flexibility index (Phi) is 6.40. The van der Waals surface area contributed by atoms with Crippen molar-refractivity contribution in [1.29, 1.82) is 0 Å². The molecule has 3 heterocycles. The van der Waals surface area contributed by atoms with Gasteiger partial charge in [0.2, 0.25) is 5.91 Å². The zero-order chi connectivity index (χ0) is 23.5. The SMILES string of the molecule is Cc1occc1-c1nnc(S[C@H](C)C(=O)N2CCN(c3ccccc3)CC2)n1-c1ccccc1. The number of nitrogens with zero attached hydrogens (tertiary/aromatic N) is 5. The molecule has 8 heteroatoms. The predicted octanol–water partition coefficient (Wildman–Crippen LogP) is 4.67. The average molecular weight is 474 g/mol. The van der Waals surface area contributed by atoms with Gasteiger partial charge in [-0.1, -0.05) is 48.2 Å². The maximum atomic E-state index is 13.3.